The Bertz CT molecular complexity index is 945. The van der Waals surface area contributed by atoms with E-state index in [-0.39, 0.29) is 0 Å². The van der Waals surface area contributed by atoms with Crippen molar-refractivity contribution < 1.29 is 39.0 Å². The van der Waals surface area contributed by atoms with Gasteiger partial charge in [-0.3, -0.25) is 9.11 Å². The van der Waals surface area contributed by atoms with Gasteiger partial charge in [0.1, 0.15) is 18.5 Å². The Morgan fingerprint density at radius 1 is 0.889 bits per heavy atom. The van der Waals surface area contributed by atoms with Crippen molar-refractivity contribution in [1.82, 2.24) is 0 Å². The number of para-hydroxylation sites is 1. The highest BCUT2D eigenvalue weighted by molar-refractivity contribution is 7.81. The van der Waals surface area contributed by atoms with Crippen molar-refractivity contribution in [3.8, 4) is 5.75 Å². The molecule has 0 aromatic heterocycles. The summed E-state index contributed by atoms with van der Waals surface area (Å²) in [5, 5.41) is 0. The molecule has 0 aliphatic rings. The van der Waals surface area contributed by atoms with Crippen LogP contribution in [-0.2, 0) is 29.2 Å². The second kappa shape index (κ2) is 8.65. The Hall–Kier alpha value is -2.22. The fourth-order valence-corrected chi connectivity index (χ4v) is 2.94. The summed E-state index contributed by atoms with van der Waals surface area (Å²) in [5.74, 6) is 0.301. The number of anilines is 1. The summed E-state index contributed by atoms with van der Waals surface area (Å²) in [6.45, 7) is -0.958. The summed E-state index contributed by atoms with van der Waals surface area (Å²) in [6, 6.07) is 14.2. The Kier molecular flexibility index (Phi) is 6.75. The average Bonchev–Trinajstić information content (AvgIpc) is 2.57. The summed E-state index contributed by atoms with van der Waals surface area (Å²) in [7, 11) is -9.91. The van der Waals surface area contributed by atoms with Gasteiger partial charge in [0.05, 0.1) is 0 Å². The predicted molar refractivity (Wildman–Crippen MR) is 94.6 cm³/mol. The number of nitrogen functional groups attached to an aromatic ring is 1. The van der Waals surface area contributed by atoms with Crippen molar-refractivity contribution in [2.45, 2.75) is 12.2 Å². The molecule has 12 heteroatoms. The lowest BCUT2D eigenvalue weighted by Crippen LogP contribution is -2.34. The van der Waals surface area contributed by atoms with Gasteiger partial charge in [-0.25, -0.2) is 8.37 Å². The molecular weight excluding hydrogens is 402 g/mol. The lowest BCUT2D eigenvalue weighted by Gasteiger charge is -2.26. The van der Waals surface area contributed by atoms with Crippen molar-refractivity contribution in [2.75, 3.05) is 12.3 Å². The van der Waals surface area contributed by atoms with Crippen molar-refractivity contribution in [3.63, 3.8) is 0 Å². The van der Waals surface area contributed by atoms with Crippen LogP contribution in [0.15, 0.2) is 54.6 Å². The number of ether oxygens (including phenoxy) is 1. The first kappa shape index (κ1) is 21.1. The van der Waals surface area contributed by atoms with Crippen LogP contribution in [0.4, 0.5) is 5.69 Å². The second-order valence-electron chi connectivity index (χ2n) is 5.29. The number of benzene rings is 2. The highest BCUT2D eigenvalue weighted by Crippen LogP contribution is 2.28. The normalized spacial score (nSPS) is 14.4. The first-order valence-electron chi connectivity index (χ1n) is 7.38. The first-order chi connectivity index (χ1) is 12.5. The number of nitrogens with two attached hydrogens (primary N) is 1. The van der Waals surface area contributed by atoms with Gasteiger partial charge >= 0.3 is 20.8 Å². The molecule has 0 fully saturated rings. The molecule has 2 rings (SSSR count). The maximum atomic E-state index is 11.2. The maximum Gasteiger partial charge on any atom is 0.397 e. The van der Waals surface area contributed by atoms with E-state index >= 15 is 0 Å². The van der Waals surface area contributed by atoms with Crippen LogP contribution in [0.5, 0.6) is 5.75 Å². The average molecular weight is 419 g/mol. The van der Waals surface area contributed by atoms with Crippen LogP contribution >= 0.6 is 0 Å². The van der Waals surface area contributed by atoms with E-state index < -0.39 is 39.6 Å². The smallest absolute Gasteiger partial charge is 0.397 e. The van der Waals surface area contributed by atoms with E-state index in [4.69, 9.17) is 19.6 Å². The lowest BCUT2D eigenvalue weighted by atomic mass is 10.0. The fourth-order valence-electron chi connectivity index (χ4n) is 2.16. The van der Waals surface area contributed by atoms with E-state index in [1.165, 1.54) is 24.3 Å². The van der Waals surface area contributed by atoms with Crippen LogP contribution in [0.2, 0.25) is 0 Å². The van der Waals surface area contributed by atoms with Crippen LogP contribution < -0.4 is 10.5 Å². The molecule has 10 nitrogen and oxygen atoms in total. The van der Waals surface area contributed by atoms with E-state index in [1.54, 1.807) is 30.3 Å². The molecule has 148 valence electrons. The zero-order valence-corrected chi connectivity index (χ0v) is 15.3. The molecular formula is C15H17NO9S2. The molecule has 0 saturated heterocycles. The van der Waals surface area contributed by atoms with E-state index in [2.05, 4.69) is 8.37 Å². The summed E-state index contributed by atoms with van der Waals surface area (Å²) in [4.78, 5) is 0. The third kappa shape index (κ3) is 7.50. The Labute approximate surface area is 156 Å². The molecule has 27 heavy (non-hydrogen) atoms. The van der Waals surface area contributed by atoms with Gasteiger partial charge in [-0.15, -0.1) is 0 Å². The Morgan fingerprint density at radius 3 is 2.00 bits per heavy atom. The van der Waals surface area contributed by atoms with Gasteiger partial charge in [0.2, 0.25) is 0 Å². The minimum Gasteiger partial charge on any atom is -0.483 e. The molecule has 0 aliphatic carbocycles. The molecule has 0 bridgehead atoms. The minimum absolute atomic E-state index is 0.301. The fraction of sp³-hybridized carbons (Fsp3) is 0.200. The SMILES string of the molecule is Nc1ccc([C@@H](Oc2ccccc2)[C@H](COS(=O)(=O)O)OS(=O)(=O)O)cc1. The van der Waals surface area contributed by atoms with Crippen molar-refractivity contribution in [1.29, 1.82) is 0 Å². The molecule has 0 radical (unpaired) electrons. The second-order valence-corrected chi connectivity index (χ2v) is 7.43. The minimum atomic E-state index is -5.01. The molecule has 0 amide bonds. The first-order valence-corrected chi connectivity index (χ1v) is 10.1. The number of hydrogen-bond acceptors (Lipinski definition) is 8. The van der Waals surface area contributed by atoms with E-state index in [0.29, 0.717) is 17.0 Å². The van der Waals surface area contributed by atoms with Crippen LogP contribution in [0.1, 0.15) is 11.7 Å². The molecule has 0 saturated carbocycles. The van der Waals surface area contributed by atoms with Crippen molar-refractivity contribution in [3.05, 3.63) is 60.2 Å². The van der Waals surface area contributed by atoms with Crippen molar-refractivity contribution in [2.24, 2.45) is 0 Å². The Morgan fingerprint density at radius 2 is 1.48 bits per heavy atom. The molecule has 0 spiro atoms. The van der Waals surface area contributed by atoms with Gasteiger partial charge in [-0.2, -0.15) is 16.8 Å². The molecule has 0 unspecified atom stereocenters. The Balaban J connectivity index is 2.42. The zero-order chi connectivity index (χ0) is 20.1. The van der Waals surface area contributed by atoms with Gasteiger partial charge in [0.25, 0.3) is 0 Å². The monoisotopic (exact) mass is 419 g/mol. The zero-order valence-electron chi connectivity index (χ0n) is 13.7. The van der Waals surface area contributed by atoms with Gasteiger partial charge in [-0.1, -0.05) is 30.3 Å². The van der Waals surface area contributed by atoms with Crippen molar-refractivity contribution >= 4 is 26.5 Å². The summed E-state index contributed by atoms with van der Waals surface area (Å²) < 4.78 is 76.4. The summed E-state index contributed by atoms with van der Waals surface area (Å²) >= 11 is 0. The third-order valence-electron chi connectivity index (χ3n) is 3.24. The predicted octanol–water partition coefficient (Wildman–Crippen LogP) is 1.40. The highest BCUT2D eigenvalue weighted by atomic mass is 32.3. The van der Waals surface area contributed by atoms with E-state index in [9.17, 15) is 16.8 Å². The summed E-state index contributed by atoms with van der Waals surface area (Å²) in [6.07, 6.45) is -2.90. The van der Waals surface area contributed by atoms with Crippen LogP contribution in [-0.4, -0.2) is 38.7 Å². The van der Waals surface area contributed by atoms with E-state index in [1.807, 2.05) is 0 Å². The van der Waals surface area contributed by atoms with Crippen LogP contribution in [0.25, 0.3) is 0 Å². The topological polar surface area (TPSA) is 162 Å². The number of rotatable bonds is 9. The molecule has 0 heterocycles. The van der Waals surface area contributed by atoms with Gasteiger partial charge in [0.15, 0.2) is 6.10 Å². The highest BCUT2D eigenvalue weighted by Gasteiger charge is 2.32. The van der Waals surface area contributed by atoms with E-state index in [0.717, 1.165) is 0 Å². The van der Waals surface area contributed by atoms with Crippen LogP contribution in [0.3, 0.4) is 0 Å². The molecule has 0 aliphatic heterocycles. The maximum absolute atomic E-state index is 11.2. The molecule has 2 atom stereocenters. The number of hydrogen-bond donors (Lipinski definition) is 3. The largest absolute Gasteiger partial charge is 0.483 e. The van der Waals surface area contributed by atoms with Gasteiger partial charge in [0, 0.05) is 5.69 Å². The summed E-state index contributed by atoms with van der Waals surface area (Å²) in [5.41, 5.74) is 6.39. The van der Waals surface area contributed by atoms with Gasteiger partial charge < -0.3 is 10.5 Å². The third-order valence-corrected chi connectivity index (χ3v) is 4.16. The molecule has 4 N–H and O–H groups in total. The van der Waals surface area contributed by atoms with Gasteiger partial charge in [-0.05, 0) is 29.8 Å². The molecule has 2 aromatic carbocycles. The quantitative estimate of drug-likeness (QED) is 0.400. The standard InChI is InChI=1S/C15H17NO9S2/c16-12-8-6-11(7-9-12)15(24-13-4-2-1-3-5-13)14(25-27(20,21)22)10-23-26(17,18)19/h1-9,14-15H,10,16H2,(H,17,18,19)(H,20,21,22)/t14-,15+/m0/s1. The molecule has 2 aromatic rings. The van der Waals surface area contributed by atoms with Crippen LogP contribution in [0, 0.1) is 0 Å². The lowest BCUT2D eigenvalue weighted by molar-refractivity contribution is 0.0175.